The van der Waals surface area contributed by atoms with Crippen molar-refractivity contribution in [3.63, 3.8) is 0 Å². The van der Waals surface area contributed by atoms with Crippen LogP contribution in [0.25, 0.3) is 11.1 Å². The Bertz CT molecular complexity index is 608. The molecule has 2 aromatic carbocycles. The maximum Gasteiger partial charge on any atom is 0.133 e. The highest BCUT2D eigenvalue weighted by atomic mass is 19.1. The summed E-state index contributed by atoms with van der Waals surface area (Å²) in [6.07, 6.45) is 5.06. The molecule has 0 radical (unpaired) electrons. The number of rotatable bonds is 2. The zero-order valence-electron chi connectivity index (χ0n) is 12.3. The van der Waals surface area contributed by atoms with Gasteiger partial charge >= 0.3 is 0 Å². The first-order chi connectivity index (χ1) is 10.1. The van der Waals surface area contributed by atoms with Crippen LogP contribution in [0.2, 0.25) is 0 Å². The van der Waals surface area contributed by atoms with Crippen LogP contribution in [0.5, 0.6) is 0 Å². The van der Waals surface area contributed by atoms with E-state index in [1.165, 1.54) is 43.4 Å². The highest BCUT2D eigenvalue weighted by Crippen LogP contribution is 2.36. The molecule has 1 aliphatic carbocycles. The van der Waals surface area contributed by atoms with Gasteiger partial charge < -0.3 is 0 Å². The average Bonchev–Trinajstić information content (AvgIpc) is 2.48. The van der Waals surface area contributed by atoms with Crippen molar-refractivity contribution in [2.45, 2.75) is 38.5 Å². The molecular weight excluding hydrogens is 266 g/mol. The Morgan fingerprint density at radius 1 is 0.857 bits per heavy atom. The van der Waals surface area contributed by atoms with E-state index >= 15 is 0 Å². The van der Waals surface area contributed by atoms with Crippen molar-refractivity contribution in [3.05, 3.63) is 59.7 Å². The first-order valence-corrected chi connectivity index (χ1v) is 7.69. The Hall–Kier alpha value is -1.70. The van der Waals surface area contributed by atoms with Crippen LogP contribution in [-0.2, 0) is 0 Å². The monoisotopic (exact) mass is 286 g/mol. The third-order valence-electron chi connectivity index (χ3n) is 4.64. The minimum Gasteiger partial charge on any atom is -0.207 e. The van der Waals surface area contributed by atoms with Gasteiger partial charge in [-0.1, -0.05) is 44.0 Å². The van der Waals surface area contributed by atoms with Gasteiger partial charge in [0.05, 0.1) is 0 Å². The second-order valence-electron chi connectivity index (χ2n) is 6.20. The van der Waals surface area contributed by atoms with E-state index < -0.39 is 11.6 Å². The second kappa shape index (κ2) is 5.97. The molecule has 1 saturated carbocycles. The van der Waals surface area contributed by atoms with Crippen molar-refractivity contribution in [1.29, 1.82) is 0 Å². The molecule has 2 aromatic rings. The fraction of sp³-hybridized carbons (Fsp3) is 0.368. The van der Waals surface area contributed by atoms with E-state index in [1.54, 1.807) is 0 Å². The number of hydrogen-bond donors (Lipinski definition) is 0. The maximum atomic E-state index is 13.8. The van der Waals surface area contributed by atoms with Gasteiger partial charge in [-0.05, 0) is 47.9 Å². The van der Waals surface area contributed by atoms with Crippen LogP contribution in [-0.4, -0.2) is 0 Å². The van der Waals surface area contributed by atoms with E-state index in [2.05, 4.69) is 19.1 Å². The fourth-order valence-electron chi connectivity index (χ4n) is 3.25. The lowest BCUT2D eigenvalue weighted by molar-refractivity contribution is 0.348. The number of benzene rings is 2. The standard InChI is InChI=1S/C19H20F2/c1-13-2-4-14(5-3-13)15-6-8-16(9-7-15)18-11-10-17(20)12-19(18)21/h6-14H,2-5H2,1H3. The lowest BCUT2D eigenvalue weighted by Crippen LogP contribution is -2.10. The van der Waals surface area contributed by atoms with Gasteiger partial charge in [0.15, 0.2) is 0 Å². The average molecular weight is 286 g/mol. The van der Waals surface area contributed by atoms with Crippen LogP contribution in [0.1, 0.15) is 44.1 Å². The first-order valence-electron chi connectivity index (χ1n) is 7.69. The summed E-state index contributed by atoms with van der Waals surface area (Å²) < 4.78 is 26.8. The van der Waals surface area contributed by atoms with Crippen molar-refractivity contribution in [2.24, 2.45) is 5.92 Å². The van der Waals surface area contributed by atoms with Gasteiger partial charge in [0, 0.05) is 11.6 Å². The Morgan fingerprint density at radius 2 is 1.52 bits per heavy atom. The third kappa shape index (κ3) is 3.15. The van der Waals surface area contributed by atoms with Crippen LogP contribution in [0.4, 0.5) is 8.78 Å². The van der Waals surface area contributed by atoms with E-state index in [1.807, 2.05) is 12.1 Å². The normalized spacial score (nSPS) is 22.2. The zero-order chi connectivity index (χ0) is 14.8. The molecule has 0 aliphatic heterocycles. The SMILES string of the molecule is CC1CCC(c2ccc(-c3ccc(F)cc3F)cc2)CC1. The largest absolute Gasteiger partial charge is 0.207 e. The van der Waals surface area contributed by atoms with Crippen molar-refractivity contribution < 1.29 is 8.78 Å². The van der Waals surface area contributed by atoms with Crippen LogP contribution in [0.3, 0.4) is 0 Å². The molecule has 2 heteroatoms. The van der Waals surface area contributed by atoms with Gasteiger partial charge in [-0.3, -0.25) is 0 Å². The Labute approximate surface area is 124 Å². The predicted molar refractivity (Wildman–Crippen MR) is 82.2 cm³/mol. The summed E-state index contributed by atoms with van der Waals surface area (Å²) in [5, 5.41) is 0. The second-order valence-corrected chi connectivity index (χ2v) is 6.20. The molecule has 1 fully saturated rings. The lowest BCUT2D eigenvalue weighted by atomic mass is 9.79. The molecule has 0 atom stereocenters. The number of halogens is 2. The van der Waals surface area contributed by atoms with Crippen molar-refractivity contribution in [1.82, 2.24) is 0 Å². The molecule has 0 spiro atoms. The zero-order valence-corrected chi connectivity index (χ0v) is 12.3. The van der Waals surface area contributed by atoms with Crippen molar-refractivity contribution in [2.75, 3.05) is 0 Å². The van der Waals surface area contributed by atoms with Gasteiger partial charge in [0.25, 0.3) is 0 Å². The first kappa shape index (κ1) is 14.2. The highest BCUT2D eigenvalue weighted by Gasteiger charge is 2.19. The quantitative estimate of drug-likeness (QED) is 0.642. The Morgan fingerprint density at radius 3 is 2.14 bits per heavy atom. The van der Waals surface area contributed by atoms with E-state index in [0.29, 0.717) is 11.5 Å². The minimum atomic E-state index is -0.538. The van der Waals surface area contributed by atoms with Crippen LogP contribution in [0, 0.1) is 17.6 Å². The van der Waals surface area contributed by atoms with Gasteiger partial charge in [-0.2, -0.15) is 0 Å². The number of hydrogen-bond acceptors (Lipinski definition) is 0. The van der Waals surface area contributed by atoms with Gasteiger partial charge in [0.2, 0.25) is 0 Å². The van der Waals surface area contributed by atoms with E-state index in [4.69, 9.17) is 0 Å². The fourth-order valence-corrected chi connectivity index (χ4v) is 3.25. The summed E-state index contributed by atoms with van der Waals surface area (Å²) in [6.45, 7) is 2.32. The molecule has 110 valence electrons. The smallest absolute Gasteiger partial charge is 0.133 e. The van der Waals surface area contributed by atoms with Gasteiger partial charge in [0.1, 0.15) is 11.6 Å². The highest BCUT2D eigenvalue weighted by molar-refractivity contribution is 5.64. The van der Waals surface area contributed by atoms with Crippen molar-refractivity contribution >= 4 is 0 Å². The van der Waals surface area contributed by atoms with Gasteiger partial charge in [-0.15, -0.1) is 0 Å². The molecule has 3 rings (SSSR count). The van der Waals surface area contributed by atoms with Crippen LogP contribution < -0.4 is 0 Å². The molecule has 0 bridgehead atoms. The van der Waals surface area contributed by atoms with Crippen LogP contribution >= 0.6 is 0 Å². The van der Waals surface area contributed by atoms with E-state index in [-0.39, 0.29) is 0 Å². The topological polar surface area (TPSA) is 0 Å². The molecule has 0 nitrogen and oxygen atoms in total. The molecular formula is C19H20F2. The summed E-state index contributed by atoms with van der Waals surface area (Å²) >= 11 is 0. The lowest BCUT2D eigenvalue weighted by Gasteiger charge is -2.26. The van der Waals surface area contributed by atoms with Crippen molar-refractivity contribution in [3.8, 4) is 11.1 Å². The van der Waals surface area contributed by atoms with Crippen LogP contribution in [0.15, 0.2) is 42.5 Å². The molecule has 21 heavy (non-hydrogen) atoms. The minimum absolute atomic E-state index is 0.459. The molecule has 0 aromatic heterocycles. The third-order valence-corrected chi connectivity index (χ3v) is 4.64. The Balaban J connectivity index is 1.80. The molecule has 0 unspecified atom stereocenters. The molecule has 1 aliphatic rings. The Kier molecular flexibility index (Phi) is 4.05. The molecule has 0 amide bonds. The summed E-state index contributed by atoms with van der Waals surface area (Å²) in [6, 6.07) is 11.8. The summed E-state index contributed by atoms with van der Waals surface area (Å²) in [5.74, 6) is 0.431. The van der Waals surface area contributed by atoms with Gasteiger partial charge in [-0.25, -0.2) is 8.78 Å². The summed E-state index contributed by atoms with van der Waals surface area (Å²) in [5.41, 5.74) is 2.61. The molecule has 0 saturated heterocycles. The summed E-state index contributed by atoms with van der Waals surface area (Å²) in [7, 11) is 0. The molecule has 0 N–H and O–H groups in total. The summed E-state index contributed by atoms with van der Waals surface area (Å²) in [4.78, 5) is 0. The van der Waals surface area contributed by atoms with E-state index in [0.717, 1.165) is 17.5 Å². The van der Waals surface area contributed by atoms with E-state index in [9.17, 15) is 8.78 Å². The maximum absolute atomic E-state index is 13.8. The predicted octanol–water partition coefficient (Wildman–Crippen LogP) is 5.93. The molecule has 0 heterocycles.